The molecule has 0 aliphatic carbocycles. The highest BCUT2D eigenvalue weighted by Crippen LogP contribution is 2.47. The van der Waals surface area contributed by atoms with Gasteiger partial charge < -0.3 is 57.4 Å². The second-order valence-electron chi connectivity index (χ2n) is 39.2. The highest BCUT2D eigenvalue weighted by molar-refractivity contribution is 6.83. The van der Waals surface area contributed by atoms with E-state index in [0.29, 0.717) is 59.5 Å². The quantitative estimate of drug-likeness (QED) is 0.0495. The van der Waals surface area contributed by atoms with Crippen LogP contribution in [0.3, 0.4) is 0 Å². The fourth-order valence-corrected chi connectivity index (χ4v) is 17.6. The molecule has 93 heavy (non-hydrogen) atoms. The van der Waals surface area contributed by atoms with Gasteiger partial charge in [0.25, 0.3) is 0 Å². The SMILES string of the molecule is CC(C)(C)OCC(COC(C)(C)CCOC(C)(C)[Si](C)(C)C(C)(C)C)OC(C)(C)CCOC(C)(C)Cc1ccc(CNCCC(C)(C)OCCC(C)(C)OC(COC(C)(C)CCOC(C)(C)[Si](C)(C)C(C)(C)C)COC(C)(C)CCOC(C)(C)[Si](C)(C)C(C)(C)C)cc1. The maximum absolute atomic E-state index is 6.99. The fraction of sp³-hybridized carbons (Fsp3) is 0.923. The predicted molar refractivity (Wildman–Crippen MR) is 405 cm³/mol. The fourth-order valence-electron chi connectivity index (χ4n) is 10.8. The van der Waals surface area contributed by atoms with E-state index in [2.05, 4.69) is 290 Å². The lowest BCUT2D eigenvalue weighted by molar-refractivity contribution is -0.177. The summed E-state index contributed by atoms with van der Waals surface area (Å²) in [6.45, 7) is 92.3. The molecule has 0 spiro atoms. The van der Waals surface area contributed by atoms with Gasteiger partial charge in [-0.3, -0.25) is 0 Å². The number of hydrogen-bond acceptors (Lipinski definition) is 12. The van der Waals surface area contributed by atoms with Crippen molar-refractivity contribution in [2.75, 3.05) is 66.0 Å². The molecule has 0 heterocycles. The van der Waals surface area contributed by atoms with Crippen molar-refractivity contribution in [1.82, 2.24) is 5.32 Å². The Bertz CT molecular complexity index is 2230. The molecule has 1 aromatic rings. The zero-order valence-electron chi connectivity index (χ0n) is 68.7. The molecule has 0 aromatic heterocycles. The lowest BCUT2D eigenvalue weighted by atomic mass is 9.97. The van der Waals surface area contributed by atoms with E-state index in [1.165, 1.54) is 11.1 Å². The monoisotopic (exact) mass is 1370 g/mol. The molecular weight excluding hydrogens is 1210 g/mol. The van der Waals surface area contributed by atoms with Crippen molar-refractivity contribution in [1.29, 1.82) is 0 Å². The van der Waals surface area contributed by atoms with E-state index in [1.807, 2.05) is 0 Å². The van der Waals surface area contributed by atoms with E-state index < -0.39 is 46.6 Å². The molecule has 0 saturated carbocycles. The van der Waals surface area contributed by atoms with Gasteiger partial charge in [-0.25, -0.2) is 0 Å². The van der Waals surface area contributed by atoms with Crippen LogP contribution >= 0.6 is 0 Å². The Balaban J connectivity index is 2.89. The first kappa shape index (κ1) is 90.4. The molecule has 1 rings (SSSR count). The number of benzene rings is 1. The van der Waals surface area contributed by atoms with E-state index in [4.69, 9.17) is 52.1 Å². The van der Waals surface area contributed by atoms with E-state index in [-0.39, 0.29) is 65.4 Å². The van der Waals surface area contributed by atoms with Crippen LogP contribution < -0.4 is 5.32 Å². The number of hydrogen-bond donors (Lipinski definition) is 1. The van der Waals surface area contributed by atoms with Crippen molar-refractivity contribution in [2.45, 2.75) is 400 Å². The summed E-state index contributed by atoms with van der Waals surface area (Å²) in [7, 11) is -5.26. The summed E-state index contributed by atoms with van der Waals surface area (Å²) in [4.78, 5) is 0. The highest BCUT2D eigenvalue weighted by Gasteiger charge is 2.51. The third kappa shape index (κ3) is 32.3. The number of ether oxygens (including phenoxy) is 11. The van der Waals surface area contributed by atoms with Crippen molar-refractivity contribution in [3.05, 3.63) is 35.4 Å². The molecule has 1 unspecified atom stereocenters. The molecule has 1 aromatic carbocycles. The highest BCUT2D eigenvalue weighted by atomic mass is 28.3. The van der Waals surface area contributed by atoms with E-state index >= 15 is 0 Å². The lowest BCUT2D eigenvalue weighted by Gasteiger charge is -2.48. The van der Waals surface area contributed by atoms with Gasteiger partial charge in [0.2, 0.25) is 0 Å². The summed E-state index contributed by atoms with van der Waals surface area (Å²) in [6, 6.07) is 8.93. The van der Waals surface area contributed by atoms with Gasteiger partial charge in [0.15, 0.2) is 0 Å². The van der Waals surface area contributed by atoms with Crippen molar-refractivity contribution in [3.8, 4) is 0 Å². The van der Waals surface area contributed by atoms with Gasteiger partial charge >= 0.3 is 0 Å². The van der Waals surface area contributed by atoms with E-state index in [9.17, 15) is 0 Å². The van der Waals surface area contributed by atoms with Crippen LogP contribution in [0.15, 0.2) is 24.3 Å². The van der Waals surface area contributed by atoms with Gasteiger partial charge in [0, 0.05) is 32.8 Å². The molecule has 0 bridgehead atoms. The Labute approximate surface area is 580 Å². The Kier molecular flexibility index (Phi) is 33.4. The van der Waals surface area contributed by atoms with Gasteiger partial charge in [0.05, 0.1) is 124 Å². The predicted octanol–water partition coefficient (Wildman–Crippen LogP) is 20.3. The maximum Gasteiger partial charge on any atom is 0.105 e. The Morgan fingerprint density at radius 3 is 0.860 bits per heavy atom. The summed E-state index contributed by atoms with van der Waals surface area (Å²) >= 11 is 0. The minimum absolute atomic E-state index is 0.162. The summed E-state index contributed by atoms with van der Waals surface area (Å²) in [5.74, 6) is 0. The second kappa shape index (κ2) is 34.4. The van der Waals surface area contributed by atoms with Crippen molar-refractivity contribution >= 4 is 24.2 Å². The molecule has 1 atom stereocenters. The molecule has 15 heteroatoms. The first-order valence-electron chi connectivity index (χ1n) is 36.2. The standard InChI is InChI=1S/C78H157NO11Si3/c1-65(2,3)85-57-63(58-86-70(15,16)44-52-82-76(27,28)91(33,34)66(4,5)6)89-74(23,24)48-51-81-75(25,26)55-61-39-41-62(42-40-61)56-79-49-43-69(13,14)80-50-47-73(21,22)90-64(59-87-71(17,18)45-53-83-77(29,30)92(35,36)67(7,8)9)60-88-72(19,20)46-54-84-78(31,32)93(37,38)68(10,11)12/h39-42,63-64,79H,43-60H2,1-38H3. The zero-order valence-corrected chi connectivity index (χ0v) is 71.7. The molecule has 12 nitrogen and oxygen atoms in total. The normalized spacial score (nSPS) is 15.5. The van der Waals surface area contributed by atoms with Crippen LogP contribution in [0.1, 0.15) is 271 Å². The average molecular weight is 1370 g/mol. The lowest BCUT2D eigenvalue weighted by Crippen LogP contribution is -2.58. The van der Waals surface area contributed by atoms with E-state index in [1.54, 1.807) is 0 Å². The Morgan fingerprint density at radius 1 is 0.301 bits per heavy atom. The molecule has 0 radical (unpaired) electrons. The van der Waals surface area contributed by atoms with Gasteiger partial charge in [0.1, 0.15) is 12.2 Å². The van der Waals surface area contributed by atoms with Crippen molar-refractivity contribution in [3.63, 3.8) is 0 Å². The van der Waals surface area contributed by atoms with Crippen LogP contribution in [-0.4, -0.2) is 163 Å². The van der Waals surface area contributed by atoms with Gasteiger partial charge in [-0.05, 0) is 231 Å². The van der Waals surface area contributed by atoms with Gasteiger partial charge in [-0.15, -0.1) is 0 Å². The number of rotatable bonds is 45. The van der Waals surface area contributed by atoms with Crippen molar-refractivity contribution < 1.29 is 52.1 Å². The topological polar surface area (TPSA) is 114 Å². The molecule has 0 saturated heterocycles. The van der Waals surface area contributed by atoms with Crippen LogP contribution in [0.5, 0.6) is 0 Å². The summed E-state index contributed by atoms with van der Waals surface area (Å²) in [6.07, 6.45) is 4.91. The number of nitrogens with one attached hydrogen (secondary N) is 1. The first-order chi connectivity index (χ1) is 41.3. The minimum atomic E-state index is -1.77. The second-order valence-corrected chi connectivity index (χ2v) is 57.1. The molecule has 1 N–H and O–H groups in total. The summed E-state index contributed by atoms with van der Waals surface area (Å²) in [5.41, 5.74) is -0.681. The Morgan fingerprint density at radius 2 is 0.559 bits per heavy atom. The maximum atomic E-state index is 6.99. The van der Waals surface area contributed by atoms with Crippen LogP contribution in [0.2, 0.25) is 54.4 Å². The zero-order chi connectivity index (χ0) is 72.9. The molecule has 0 fully saturated rings. The van der Waals surface area contributed by atoms with Gasteiger partial charge in [-0.2, -0.15) is 0 Å². The molecule has 0 amide bonds. The van der Waals surface area contributed by atoms with Crippen LogP contribution in [0.4, 0.5) is 0 Å². The largest absolute Gasteiger partial charge is 0.379 e. The smallest absolute Gasteiger partial charge is 0.105 e. The Hall–Kier alpha value is -0.609. The van der Waals surface area contributed by atoms with Crippen LogP contribution in [0.25, 0.3) is 0 Å². The van der Waals surface area contributed by atoms with Crippen LogP contribution in [0, 0.1) is 0 Å². The third-order valence-electron chi connectivity index (χ3n) is 22.6. The minimum Gasteiger partial charge on any atom is -0.379 e. The molecular formula is C78H157NO11Si3. The molecule has 0 aliphatic rings. The average Bonchev–Trinajstić information content (AvgIpc) is 0.801. The van der Waals surface area contributed by atoms with Gasteiger partial charge in [-0.1, -0.05) is 126 Å². The summed E-state index contributed by atoms with van der Waals surface area (Å²) in [5, 5.41) is 3.82. The van der Waals surface area contributed by atoms with Crippen molar-refractivity contribution in [2.24, 2.45) is 0 Å². The molecule has 0 aliphatic heterocycles. The third-order valence-corrected chi connectivity index (χ3v) is 43.3. The van der Waals surface area contributed by atoms with Crippen LogP contribution in [-0.2, 0) is 65.1 Å². The molecule has 552 valence electrons. The first-order valence-corrected chi connectivity index (χ1v) is 45.2. The summed E-state index contributed by atoms with van der Waals surface area (Å²) < 4.78 is 73.5. The van der Waals surface area contributed by atoms with E-state index in [0.717, 1.165) is 58.0 Å².